The van der Waals surface area contributed by atoms with Crippen molar-refractivity contribution in [3.63, 3.8) is 0 Å². The Morgan fingerprint density at radius 2 is 1.03 bits per heavy atom. The number of carbonyl (C=O) groups excluding carboxylic acids is 1. The van der Waals surface area contributed by atoms with Crippen LogP contribution in [0.15, 0.2) is 120 Å². The standard InChI is InChI=1S/C25H19NOP.Li/c27-25(21-13-5-1-6-14-21)26-28(22-15-7-2-8-16-22,23-17-9-3-10-18-23)24-19-11-4-12-20-24;/h1-13,15-20H;/q-1;+1. The normalized spacial score (nSPS) is 10.6. The van der Waals surface area contributed by atoms with Crippen molar-refractivity contribution in [1.29, 1.82) is 0 Å². The van der Waals surface area contributed by atoms with E-state index in [4.69, 9.17) is 4.74 Å². The number of nitrogens with zero attached hydrogens (tertiary/aromatic N) is 1. The summed E-state index contributed by atoms with van der Waals surface area (Å²) in [5.74, 6) is -0.245. The van der Waals surface area contributed by atoms with Crippen LogP contribution in [0.5, 0.6) is 0 Å². The van der Waals surface area contributed by atoms with Crippen molar-refractivity contribution in [3.8, 4) is 0 Å². The van der Waals surface area contributed by atoms with Crippen molar-refractivity contribution in [2.24, 2.45) is 4.74 Å². The molecule has 4 aromatic rings. The van der Waals surface area contributed by atoms with E-state index < -0.39 is 7.05 Å². The summed E-state index contributed by atoms with van der Waals surface area (Å²) in [6, 6.07) is 40.6. The molecule has 4 heteroatoms. The SMILES string of the molecule is O=C(N=P(c1ccccc1)(c1ccccc1)c1ccccc1)c1[c-]cccc1.[Li+]. The minimum atomic E-state index is -2.52. The molecule has 0 saturated carbocycles. The first-order valence-corrected chi connectivity index (χ1v) is 10.8. The molecular weight excluding hydrogens is 368 g/mol. The summed E-state index contributed by atoms with van der Waals surface area (Å²) in [5, 5.41) is 3.16. The van der Waals surface area contributed by atoms with Gasteiger partial charge in [-0.25, -0.2) is 0 Å². The van der Waals surface area contributed by atoms with Gasteiger partial charge in [0.2, 0.25) is 0 Å². The first-order chi connectivity index (χ1) is 13.8. The van der Waals surface area contributed by atoms with E-state index in [1.165, 1.54) is 0 Å². The third-order valence-electron chi connectivity index (χ3n) is 4.57. The number of rotatable bonds is 4. The molecule has 136 valence electrons. The van der Waals surface area contributed by atoms with Gasteiger partial charge in [-0.2, -0.15) is 0 Å². The molecule has 0 atom stereocenters. The van der Waals surface area contributed by atoms with Crippen LogP contribution in [0, 0.1) is 6.07 Å². The van der Waals surface area contributed by atoms with E-state index in [-0.39, 0.29) is 24.8 Å². The average Bonchev–Trinajstić information content (AvgIpc) is 2.80. The molecular formula is C25H19LiNOP. The topological polar surface area (TPSA) is 29.4 Å². The second kappa shape index (κ2) is 9.73. The average molecular weight is 387 g/mol. The van der Waals surface area contributed by atoms with Gasteiger partial charge in [-0.1, -0.05) is 96.6 Å². The van der Waals surface area contributed by atoms with E-state index in [0.29, 0.717) is 5.56 Å². The van der Waals surface area contributed by atoms with Gasteiger partial charge in [-0.05, 0) is 15.9 Å². The Hall–Kier alpha value is -2.62. The van der Waals surface area contributed by atoms with Gasteiger partial charge in [0.15, 0.2) is 5.91 Å². The second-order valence-electron chi connectivity index (χ2n) is 6.32. The van der Waals surface area contributed by atoms with Crippen molar-refractivity contribution in [1.82, 2.24) is 0 Å². The van der Waals surface area contributed by atoms with Crippen LogP contribution in [0.3, 0.4) is 0 Å². The maximum atomic E-state index is 13.2. The third-order valence-corrected chi connectivity index (χ3v) is 8.19. The Bertz CT molecular complexity index is 1010. The van der Waals surface area contributed by atoms with Crippen LogP contribution < -0.4 is 34.8 Å². The van der Waals surface area contributed by atoms with E-state index in [1.807, 2.05) is 66.7 Å². The molecule has 0 N–H and O–H groups in total. The summed E-state index contributed by atoms with van der Waals surface area (Å²) < 4.78 is 4.93. The number of hydrogen-bond acceptors (Lipinski definition) is 1. The number of hydrogen-bond donors (Lipinski definition) is 0. The van der Waals surface area contributed by atoms with Crippen LogP contribution >= 0.6 is 7.05 Å². The molecule has 0 bridgehead atoms. The van der Waals surface area contributed by atoms with Crippen molar-refractivity contribution >= 4 is 28.9 Å². The van der Waals surface area contributed by atoms with Gasteiger partial charge in [-0.15, -0.1) is 30.3 Å². The molecule has 4 rings (SSSR count). The summed E-state index contributed by atoms with van der Waals surface area (Å²) in [6.45, 7) is 0. The smallest absolute Gasteiger partial charge is 0.325 e. The van der Waals surface area contributed by atoms with Crippen LogP contribution in [0.1, 0.15) is 10.4 Å². The second-order valence-corrected chi connectivity index (χ2v) is 9.34. The molecule has 2 nitrogen and oxygen atoms in total. The molecule has 0 heterocycles. The summed E-state index contributed by atoms with van der Waals surface area (Å²) >= 11 is 0. The molecule has 29 heavy (non-hydrogen) atoms. The van der Waals surface area contributed by atoms with Gasteiger partial charge in [0.1, 0.15) is 0 Å². The van der Waals surface area contributed by atoms with Crippen LogP contribution in [0.4, 0.5) is 0 Å². The minimum Gasteiger partial charge on any atom is -0.325 e. The fourth-order valence-corrected chi connectivity index (χ4v) is 6.70. The molecule has 4 aromatic carbocycles. The maximum absolute atomic E-state index is 13.2. The zero-order valence-electron chi connectivity index (χ0n) is 16.3. The van der Waals surface area contributed by atoms with Gasteiger partial charge >= 0.3 is 18.9 Å². The molecule has 1 amide bonds. The van der Waals surface area contributed by atoms with Crippen molar-refractivity contribution in [2.75, 3.05) is 0 Å². The van der Waals surface area contributed by atoms with Crippen molar-refractivity contribution < 1.29 is 23.7 Å². The molecule has 0 aliphatic carbocycles. The predicted octanol–water partition coefficient (Wildman–Crippen LogP) is 1.81. The van der Waals surface area contributed by atoms with Crippen LogP contribution in [-0.2, 0) is 0 Å². The van der Waals surface area contributed by atoms with E-state index in [9.17, 15) is 4.79 Å². The Morgan fingerprint density at radius 1 is 0.621 bits per heavy atom. The molecule has 0 aliphatic rings. The fourth-order valence-electron chi connectivity index (χ4n) is 3.27. The monoisotopic (exact) mass is 387 g/mol. The summed E-state index contributed by atoms with van der Waals surface area (Å²) in [4.78, 5) is 13.2. The number of carbonyl (C=O) groups is 1. The first kappa shape index (κ1) is 21.1. The maximum Gasteiger partial charge on any atom is 1.00 e. The van der Waals surface area contributed by atoms with E-state index in [0.717, 1.165) is 15.9 Å². The molecule has 0 unspecified atom stereocenters. The quantitative estimate of drug-likeness (QED) is 0.298. The van der Waals surface area contributed by atoms with Crippen molar-refractivity contribution in [3.05, 3.63) is 127 Å². The van der Waals surface area contributed by atoms with E-state index >= 15 is 0 Å². The molecule has 0 aliphatic heterocycles. The van der Waals surface area contributed by atoms with Gasteiger partial charge in [-0.3, -0.25) is 4.74 Å². The molecule has 0 fully saturated rings. The summed E-state index contributed by atoms with van der Waals surface area (Å²) in [7, 11) is -2.52. The van der Waals surface area contributed by atoms with Crippen LogP contribution in [0.25, 0.3) is 0 Å². The van der Waals surface area contributed by atoms with Crippen LogP contribution in [0.2, 0.25) is 0 Å². The third kappa shape index (κ3) is 4.36. The minimum absolute atomic E-state index is 0. The van der Waals surface area contributed by atoms with E-state index in [1.54, 1.807) is 12.1 Å². The zero-order valence-corrected chi connectivity index (χ0v) is 17.2. The Morgan fingerprint density at radius 3 is 1.41 bits per heavy atom. The molecule has 0 radical (unpaired) electrons. The van der Waals surface area contributed by atoms with Gasteiger partial charge in [0.25, 0.3) is 0 Å². The molecule has 0 spiro atoms. The summed E-state index contributed by atoms with van der Waals surface area (Å²) in [6.07, 6.45) is 0. The van der Waals surface area contributed by atoms with Gasteiger partial charge in [0, 0.05) is 0 Å². The fraction of sp³-hybridized carbons (Fsp3) is 0. The Balaban J connectivity index is 0.00000240. The van der Waals surface area contributed by atoms with Gasteiger partial charge in [0.05, 0.1) is 7.05 Å². The number of benzene rings is 4. The molecule has 0 aromatic heterocycles. The Kier molecular flexibility index (Phi) is 7.07. The predicted molar refractivity (Wildman–Crippen MR) is 117 cm³/mol. The zero-order chi connectivity index (χ0) is 19.2. The van der Waals surface area contributed by atoms with E-state index in [2.05, 4.69) is 42.5 Å². The van der Waals surface area contributed by atoms with Crippen LogP contribution in [-0.4, -0.2) is 5.91 Å². The number of amides is 1. The van der Waals surface area contributed by atoms with Gasteiger partial charge < -0.3 is 4.79 Å². The van der Waals surface area contributed by atoms with Crippen molar-refractivity contribution in [2.45, 2.75) is 0 Å². The molecule has 0 saturated heterocycles. The summed E-state index contributed by atoms with van der Waals surface area (Å²) in [5.41, 5.74) is 0.481. The Labute approximate surface area is 183 Å². The largest absolute Gasteiger partial charge is 1.00 e. The first-order valence-electron chi connectivity index (χ1n) is 9.11.